The molecule has 5 rings (SSSR count). The maximum absolute atomic E-state index is 10.7. The van der Waals surface area contributed by atoms with Crippen molar-refractivity contribution < 1.29 is 9.52 Å². The molecule has 0 radical (unpaired) electrons. The Balaban J connectivity index is 1.66. The number of aromatic nitrogens is 2. The zero-order valence-electron chi connectivity index (χ0n) is 18.2. The van der Waals surface area contributed by atoms with Gasteiger partial charge < -0.3 is 24.3 Å². The lowest BCUT2D eigenvalue weighted by Crippen LogP contribution is -2.29. The Labute approximate surface area is 202 Å². The van der Waals surface area contributed by atoms with Gasteiger partial charge in [0.1, 0.15) is 11.5 Å². The Morgan fingerprint density at radius 2 is 2.00 bits per heavy atom. The predicted octanol–water partition coefficient (Wildman–Crippen LogP) is 5.68. The highest BCUT2D eigenvalue weighted by Crippen LogP contribution is 2.46. The number of halogens is 1. The molecule has 1 saturated heterocycles. The van der Waals surface area contributed by atoms with Crippen LogP contribution in [0.4, 0.5) is 5.69 Å². The number of aromatic hydroxyl groups is 1. The predicted molar refractivity (Wildman–Crippen MR) is 133 cm³/mol. The van der Waals surface area contributed by atoms with Crippen LogP contribution in [0.2, 0.25) is 5.02 Å². The fraction of sp³-hybridized carbons (Fsp3) is 0.200. The van der Waals surface area contributed by atoms with Crippen LogP contribution in [0.25, 0.3) is 0 Å². The van der Waals surface area contributed by atoms with E-state index in [1.807, 2.05) is 35.2 Å². The lowest BCUT2D eigenvalue weighted by atomic mass is 9.96. The van der Waals surface area contributed by atoms with E-state index in [0.717, 1.165) is 28.4 Å². The summed E-state index contributed by atoms with van der Waals surface area (Å²) in [6, 6.07) is 16.4. The minimum atomic E-state index is -0.242. The first-order valence-electron chi connectivity index (χ1n) is 10.6. The molecule has 1 aliphatic rings. The molecule has 33 heavy (non-hydrogen) atoms. The van der Waals surface area contributed by atoms with Crippen molar-refractivity contribution in [2.24, 2.45) is 0 Å². The van der Waals surface area contributed by atoms with Crippen molar-refractivity contribution in [3.8, 4) is 5.75 Å². The SMILES string of the molecule is Cc1cc([C@@H]2[C@@H](c3ccccn3)NC(=S)N2c2cc(Cl)ccc2O)c(C)n1Cc1ccco1. The van der Waals surface area contributed by atoms with Crippen LogP contribution in [0.15, 0.2) is 71.5 Å². The zero-order valence-corrected chi connectivity index (χ0v) is 19.8. The Bertz CT molecular complexity index is 1300. The van der Waals surface area contributed by atoms with E-state index in [1.165, 1.54) is 0 Å². The Kier molecular flexibility index (Phi) is 5.60. The van der Waals surface area contributed by atoms with Gasteiger partial charge in [0, 0.05) is 22.6 Å². The zero-order chi connectivity index (χ0) is 23.1. The Morgan fingerprint density at radius 1 is 1.15 bits per heavy atom. The van der Waals surface area contributed by atoms with Crippen LogP contribution in [-0.2, 0) is 6.54 Å². The molecule has 6 nitrogen and oxygen atoms in total. The van der Waals surface area contributed by atoms with Crippen molar-refractivity contribution in [1.29, 1.82) is 0 Å². The smallest absolute Gasteiger partial charge is 0.174 e. The number of anilines is 1. The van der Waals surface area contributed by atoms with Crippen LogP contribution < -0.4 is 10.2 Å². The van der Waals surface area contributed by atoms with Gasteiger partial charge in [-0.3, -0.25) is 4.98 Å². The van der Waals surface area contributed by atoms with Crippen molar-refractivity contribution in [1.82, 2.24) is 14.9 Å². The van der Waals surface area contributed by atoms with Crippen molar-refractivity contribution in [3.63, 3.8) is 0 Å². The van der Waals surface area contributed by atoms with Crippen LogP contribution in [0, 0.1) is 13.8 Å². The molecule has 0 aliphatic carbocycles. The van der Waals surface area contributed by atoms with Gasteiger partial charge in [0.05, 0.1) is 36.3 Å². The van der Waals surface area contributed by atoms with Crippen molar-refractivity contribution in [2.45, 2.75) is 32.5 Å². The fourth-order valence-corrected chi connectivity index (χ4v) is 5.05. The lowest BCUT2D eigenvalue weighted by molar-refractivity contribution is 0.472. The number of phenolic OH excluding ortho intramolecular Hbond substituents is 1. The number of phenols is 1. The van der Waals surface area contributed by atoms with Crippen LogP contribution in [0.5, 0.6) is 5.75 Å². The first-order valence-corrected chi connectivity index (χ1v) is 11.4. The molecule has 0 bridgehead atoms. The number of hydrogen-bond donors (Lipinski definition) is 2. The second kappa shape index (κ2) is 8.57. The maximum Gasteiger partial charge on any atom is 0.174 e. The summed E-state index contributed by atoms with van der Waals surface area (Å²) >= 11 is 12.1. The number of hydrogen-bond acceptors (Lipinski definition) is 4. The monoisotopic (exact) mass is 478 g/mol. The van der Waals surface area contributed by atoms with E-state index in [0.29, 0.717) is 22.4 Å². The molecule has 0 spiro atoms. The molecule has 1 aliphatic heterocycles. The second-order valence-corrected chi connectivity index (χ2v) is 8.94. The average molecular weight is 479 g/mol. The second-order valence-electron chi connectivity index (χ2n) is 8.12. The van der Waals surface area contributed by atoms with Gasteiger partial charge in [0.2, 0.25) is 0 Å². The minimum absolute atomic E-state index is 0.111. The van der Waals surface area contributed by atoms with Crippen LogP contribution in [0.3, 0.4) is 0 Å². The molecule has 4 aromatic rings. The highest BCUT2D eigenvalue weighted by atomic mass is 35.5. The summed E-state index contributed by atoms with van der Waals surface area (Å²) in [6.45, 7) is 4.81. The minimum Gasteiger partial charge on any atom is -0.506 e. The fourth-order valence-electron chi connectivity index (χ4n) is 4.55. The number of furan rings is 1. The van der Waals surface area contributed by atoms with E-state index in [9.17, 15) is 5.11 Å². The van der Waals surface area contributed by atoms with Crippen LogP contribution in [0.1, 0.15) is 40.5 Å². The average Bonchev–Trinajstić information content (AvgIpc) is 3.51. The Morgan fingerprint density at radius 3 is 2.73 bits per heavy atom. The standard InChI is InChI=1S/C25H23ClN4O2S/c1-15-12-19(16(2)29(15)14-18-6-5-11-32-18)24-23(20-7-3-4-10-27-20)28-25(33)30(24)21-13-17(26)8-9-22(21)31/h3-13,23-24,31H,14H2,1-2H3,(H,28,33)/t23-,24-/m1/s1. The molecule has 3 aromatic heterocycles. The molecule has 0 unspecified atom stereocenters. The number of nitrogens with zero attached hydrogens (tertiary/aromatic N) is 3. The summed E-state index contributed by atoms with van der Waals surface area (Å²) in [7, 11) is 0. The number of nitrogens with one attached hydrogen (secondary N) is 1. The molecule has 2 N–H and O–H groups in total. The maximum atomic E-state index is 10.7. The number of aryl methyl sites for hydroxylation is 1. The number of pyridine rings is 1. The summed E-state index contributed by atoms with van der Waals surface area (Å²) in [4.78, 5) is 6.54. The van der Waals surface area contributed by atoms with E-state index in [-0.39, 0.29) is 17.8 Å². The summed E-state index contributed by atoms with van der Waals surface area (Å²) in [6.07, 6.45) is 3.46. The lowest BCUT2D eigenvalue weighted by Gasteiger charge is -2.28. The van der Waals surface area contributed by atoms with E-state index in [1.54, 1.807) is 30.7 Å². The van der Waals surface area contributed by atoms with E-state index in [4.69, 9.17) is 28.2 Å². The summed E-state index contributed by atoms with van der Waals surface area (Å²) in [5, 5.41) is 15.2. The molecule has 8 heteroatoms. The van der Waals surface area contributed by atoms with Gasteiger partial charge in [-0.1, -0.05) is 17.7 Å². The normalized spacial score (nSPS) is 18.0. The third-order valence-corrected chi connectivity index (χ3v) is 6.67. The molecular formula is C25H23ClN4O2S. The van der Waals surface area contributed by atoms with Gasteiger partial charge in [-0.15, -0.1) is 0 Å². The number of rotatable bonds is 5. The van der Waals surface area contributed by atoms with Crippen LogP contribution >= 0.6 is 23.8 Å². The van der Waals surface area contributed by atoms with Gasteiger partial charge in [-0.05, 0) is 80.2 Å². The first-order chi connectivity index (χ1) is 15.9. The van der Waals surface area contributed by atoms with Gasteiger partial charge in [0.15, 0.2) is 5.11 Å². The molecule has 0 saturated carbocycles. The molecule has 1 aromatic carbocycles. The third kappa shape index (κ3) is 3.87. The highest BCUT2D eigenvalue weighted by Gasteiger charge is 2.43. The topological polar surface area (TPSA) is 66.5 Å². The first kappa shape index (κ1) is 21.6. The molecule has 4 heterocycles. The quantitative estimate of drug-likeness (QED) is 0.360. The van der Waals surface area contributed by atoms with Crippen molar-refractivity contribution in [3.05, 3.63) is 100 Å². The molecule has 0 amide bonds. The van der Waals surface area contributed by atoms with Gasteiger partial charge in [-0.25, -0.2) is 0 Å². The van der Waals surface area contributed by atoms with Gasteiger partial charge >= 0.3 is 0 Å². The molecular weight excluding hydrogens is 456 g/mol. The number of benzene rings is 1. The summed E-state index contributed by atoms with van der Waals surface area (Å²) < 4.78 is 7.81. The largest absolute Gasteiger partial charge is 0.506 e. The van der Waals surface area contributed by atoms with Gasteiger partial charge in [-0.2, -0.15) is 0 Å². The van der Waals surface area contributed by atoms with Crippen molar-refractivity contribution in [2.75, 3.05) is 4.90 Å². The third-order valence-electron chi connectivity index (χ3n) is 6.12. The number of thiocarbonyl (C=S) groups is 1. The van der Waals surface area contributed by atoms with Crippen molar-refractivity contribution >= 4 is 34.6 Å². The molecule has 168 valence electrons. The summed E-state index contributed by atoms with van der Waals surface area (Å²) in [5.74, 6) is 0.994. The van der Waals surface area contributed by atoms with E-state index >= 15 is 0 Å². The molecule has 2 atom stereocenters. The van der Waals surface area contributed by atoms with Gasteiger partial charge in [0.25, 0.3) is 0 Å². The molecule has 1 fully saturated rings. The van der Waals surface area contributed by atoms with Crippen LogP contribution in [-0.4, -0.2) is 19.8 Å². The van der Waals surface area contributed by atoms with E-state index < -0.39 is 0 Å². The Hall–Kier alpha value is -3.29. The summed E-state index contributed by atoms with van der Waals surface area (Å²) in [5.41, 5.74) is 4.70. The van der Waals surface area contributed by atoms with E-state index in [2.05, 4.69) is 34.8 Å². The highest BCUT2D eigenvalue weighted by molar-refractivity contribution is 7.80.